The maximum Gasteiger partial charge on any atom is 0.260 e. The largest absolute Gasteiger partial charge is 0.458 e. The molecular formula is C48H29BN2O2. The van der Waals surface area contributed by atoms with Gasteiger partial charge in [0.15, 0.2) is 0 Å². The lowest BCUT2D eigenvalue weighted by atomic mass is 9.35. The number of aromatic nitrogens is 2. The number of fused-ring (bicyclic) bond motifs is 11. The molecule has 0 amide bonds. The molecule has 0 spiro atoms. The molecule has 8 aromatic carbocycles. The molecule has 0 radical (unpaired) electrons. The molecule has 0 fully saturated rings. The van der Waals surface area contributed by atoms with Crippen LogP contribution in [0.25, 0.3) is 66.1 Å². The van der Waals surface area contributed by atoms with Crippen LogP contribution in [-0.2, 0) is 0 Å². The van der Waals surface area contributed by atoms with Crippen molar-refractivity contribution in [2.24, 2.45) is 0 Å². The Morgan fingerprint density at radius 2 is 1.08 bits per heavy atom. The van der Waals surface area contributed by atoms with Crippen molar-refractivity contribution < 1.29 is 9.47 Å². The highest BCUT2D eigenvalue weighted by atomic mass is 16.5. The normalized spacial score (nSPS) is 12.8. The summed E-state index contributed by atoms with van der Waals surface area (Å²) in [5, 5.41) is 4.81. The van der Waals surface area contributed by atoms with Gasteiger partial charge in [-0.2, -0.15) is 0 Å². The number of para-hydroxylation sites is 4. The van der Waals surface area contributed by atoms with E-state index in [1.54, 1.807) is 0 Å². The molecule has 10 aromatic rings. The Kier molecular flexibility index (Phi) is 5.83. The van der Waals surface area contributed by atoms with Gasteiger partial charge in [-0.05, 0) is 76.6 Å². The first kappa shape index (κ1) is 28.7. The van der Waals surface area contributed by atoms with Crippen LogP contribution < -0.4 is 25.9 Å². The van der Waals surface area contributed by atoms with Crippen molar-refractivity contribution in [3.63, 3.8) is 0 Å². The van der Waals surface area contributed by atoms with Gasteiger partial charge in [-0.25, -0.2) is 0 Å². The highest BCUT2D eigenvalue weighted by Crippen LogP contribution is 2.45. The summed E-state index contributed by atoms with van der Waals surface area (Å²) in [7, 11) is 0. The van der Waals surface area contributed by atoms with E-state index in [2.05, 4.69) is 179 Å². The minimum Gasteiger partial charge on any atom is -0.458 e. The zero-order valence-corrected chi connectivity index (χ0v) is 28.5. The standard InChI is InChI=1S/C48H29BN2O2/c1-2-13-30(14-3-1)31-15-12-16-32(29-31)50-39-22-9-5-18-35(39)45-40(50)26-25-34-33-17-4-8-21-38(33)51(47(34)45)41-27-28-44-46-48(41)53-43-24-11-7-20-37(43)49(46)36-19-6-10-23-42(36)52-44/h1-29H. The van der Waals surface area contributed by atoms with Gasteiger partial charge in [0.05, 0.1) is 27.8 Å². The molecule has 2 aromatic heterocycles. The molecule has 0 N–H and O–H groups in total. The van der Waals surface area contributed by atoms with Crippen LogP contribution in [0, 0.1) is 0 Å². The molecule has 0 atom stereocenters. The first-order chi connectivity index (χ1) is 26.3. The quantitative estimate of drug-likeness (QED) is 0.174. The van der Waals surface area contributed by atoms with Crippen LogP contribution >= 0.6 is 0 Å². The number of rotatable bonds is 3. The van der Waals surface area contributed by atoms with E-state index in [1.165, 1.54) is 38.2 Å². The predicted molar refractivity (Wildman–Crippen MR) is 218 cm³/mol. The van der Waals surface area contributed by atoms with E-state index < -0.39 is 0 Å². The van der Waals surface area contributed by atoms with Gasteiger partial charge in [0, 0.05) is 32.7 Å². The molecular weight excluding hydrogens is 647 g/mol. The molecule has 246 valence electrons. The highest BCUT2D eigenvalue weighted by molar-refractivity contribution is 6.98. The van der Waals surface area contributed by atoms with Gasteiger partial charge in [-0.15, -0.1) is 0 Å². The second kappa shape index (κ2) is 10.8. The van der Waals surface area contributed by atoms with Crippen LogP contribution in [0.1, 0.15) is 0 Å². The average molecular weight is 677 g/mol. The van der Waals surface area contributed by atoms with Crippen LogP contribution in [0.2, 0.25) is 0 Å². The van der Waals surface area contributed by atoms with Crippen LogP contribution in [0.3, 0.4) is 0 Å². The highest BCUT2D eigenvalue weighted by Gasteiger charge is 2.41. The Morgan fingerprint density at radius 1 is 0.415 bits per heavy atom. The summed E-state index contributed by atoms with van der Waals surface area (Å²) in [5.41, 5.74) is 12.5. The summed E-state index contributed by atoms with van der Waals surface area (Å²) in [6, 6.07) is 62.8. The van der Waals surface area contributed by atoms with Crippen molar-refractivity contribution >= 4 is 66.7 Å². The monoisotopic (exact) mass is 676 g/mol. The Bertz CT molecular complexity index is 3130. The van der Waals surface area contributed by atoms with Crippen LogP contribution in [0.5, 0.6) is 23.0 Å². The molecule has 0 aliphatic carbocycles. The van der Waals surface area contributed by atoms with E-state index in [-0.39, 0.29) is 6.71 Å². The van der Waals surface area contributed by atoms with Crippen molar-refractivity contribution in [2.45, 2.75) is 0 Å². The second-order valence-corrected chi connectivity index (χ2v) is 14.0. The number of ether oxygens (including phenoxy) is 2. The zero-order chi connectivity index (χ0) is 34.6. The van der Waals surface area contributed by atoms with E-state index in [0.29, 0.717) is 0 Å². The van der Waals surface area contributed by atoms with Crippen molar-refractivity contribution in [1.82, 2.24) is 9.13 Å². The van der Waals surface area contributed by atoms with Gasteiger partial charge in [0.25, 0.3) is 6.71 Å². The molecule has 0 unspecified atom stereocenters. The maximum atomic E-state index is 7.02. The average Bonchev–Trinajstić information content (AvgIpc) is 3.74. The molecule has 5 heteroatoms. The fourth-order valence-electron chi connectivity index (χ4n) is 9.04. The van der Waals surface area contributed by atoms with Crippen molar-refractivity contribution in [3.05, 3.63) is 176 Å². The summed E-state index contributed by atoms with van der Waals surface area (Å²) in [4.78, 5) is 0. The minimum atomic E-state index is -0.0123. The fraction of sp³-hybridized carbons (Fsp3) is 0. The fourth-order valence-corrected chi connectivity index (χ4v) is 9.04. The van der Waals surface area contributed by atoms with Crippen LogP contribution in [0.4, 0.5) is 0 Å². The van der Waals surface area contributed by atoms with E-state index in [9.17, 15) is 0 Å². The van der Waals surface area contributed by atoms with Gasteiger partial charge in [0.1, 0.15) is 23.0 Å². The first-order valence-corrected chi connectivity index (χ1v) is 18.1. The first-order valence-electron chi connectivity index (χ1n) is 18.1. The van der Waals surface area contributed by atoms with Gasteiger partial charge in [-0.3, -0.25) is 0 Å². The Morgan fingerprint density at radius 3 is 1.89 bits per heavy atom. The third-order valence-electron chi connectivity index (χ3n) is 11.2. The Balaban J connectivity index is 1.19. The molecule has 2 aliphatic rings. The number of hydrogen-bond acceptors (Lipinski definition) is 2. The summed E-state index contributed by atoms with van der Waals surface area (Å²) in [5.74, 6) is 3.44. The summed E-state index contributed by atoms with van der Waals surface area (Å²) in [6.07, 6.45) is 0. The minimum absolute atomic E-state index is 0.0123. The molecule has 53 heavy (non-hydrogen) atoms. The second-order valence-electron chi connectivity index (χ2n) is 14.0. The lowest BCUT2D eigenvalue weighted by Gasteiger charge is -2.34. The van der Waals surface area contributed by atoms with Gasteiger partial charge >= 0.3 is 0 Å². The number of nitrogens with zero attached hydrogens (tertiary/aromatic N) is 2. The number of hydrogen-bond donors (Lipinski definition) is 0. The topological polar surface area (TPSA) is 28.3 Å². The zero-order valence-electron chi connectivity index (χ0n) is 28.5. The van der Waals surface area contributed by atoms with E-state index >= 15 is 0 Å². The molecule has 12 rings (SSSR count). The summed E-state index contributed by atoms with van der Waals surface area (Å²) in [6.45, 7) is -0.0123. The van der Waals surface area contributed by atoms with Gasteiger partial charge in [-0.1, -0.05) is 121 Å². The van der Waals surface area contributed by atoms with Crippen LogP contribution in [0.15, 0.2) is 176 Å². The molecule has 4 heterocycles. The van der Waals surface area contributed by atoms with E-state index in [1.807, 2.05) is 6.07 Å². The SMILES string of the molecule is c1ccc(-c2cccc(-n3c4ccccc4c4c3ccc3c5ccccc5n(-c5ccc6c7c5Oc5ccccc5B7c5ccccc5O6)c34)c2)cc1. The molecule has 4 nitrogen and oxygen atoms in total. The maximum absolute atomic E-state index is 7.02. The Hall–Kier alpha value is -6.98. The lowest BCUT2D eigenvalue weighted by molar-refractivity contribution is 0.463. The lowest BCUT2D eigenvalue weighted by Crippen LogP contribution is -2.57. The van der Waals surface area contributed by atoms with Gasteiger partial charge < -0.3 is 18.6 Å². The van der Waals surface area contributed by atoms with Crippen molar-refractivity contribution in [2.75, 3.05) is 0 Å². The van der Waals surface area contributed by atoms with Crippen molar-refractivity contribution in [3.8, 4) is 45.5 Å². The number of benzene rings is 8. The molecule has 0 saturated carbocycles. The smallest absolute Gasteiger partial charge is 0.260 e. The molecule has 0 bridgehead atoms. The summed E-state index contributed by atoms with van der Waals surface area (Å²) >= 11 is 0. The summed E-state index contributed by atoms with van der Waals surface area (Å²) < 4.78 is 18.5. The third-order valence-corrected chi connectivity index (χ3v) is 11.2. The van der Waals surface area contributed by atoms with Crippen LogP contribution in [-0.4, -0.2) is 15.8 Å². The van der Waals surface area contributed by atoms with E-state index in [0.717, 1.165) is 67.3 Å². The molecule has 2 aliphatic heterocycles. The van der Waals surface area contributed by atoms with Gasteiger partial charge in [0.2, 0.25) is 0 Å². The van der Waals surface area contributed by atoms with E-state index in [4.69, 9.17) is 9.47 Å². The Labute approximate surface area is 305 Å². The predicted octanol–water partition coefficient (Wildman–Crippen LogP) is 10.3. The third kappa shape index (κ3) is 3.96. The molecule has 0 saturated heterocycles. The van der Waals surface area contributed by atoms with Crippen molar-refractivity contribution in [1.29, 1.82) is 0 Å².